The van der Waals surface area contributed by atoms with E-state index in [9.17, 15) is 9.18 Å². The van der Waals surface area contributed by atoms with Gasteiger partial charge < -0.3 is 18.9 Å². The Balaban J connectivity index is 1.74. The number of halogens is 1. The van der Waals surface area contributed by atoms with E-state index in [0.29, 0.717) is 30.1 Å². The molecule has 3 aromatic rings. The summed E-state index contributed by atoms with van der Waals surface area (Å²) in [6, 6.07) is 10.6. The minimum absolute atomic E-state index is 0.151. The van der Waals surface area contributed by atoms with Gasteiger partial charge in [-0.2, -0.15) is 0 Å². The second-order valence-corrected chi connectivity index (χ2v) is 9.28. The van der Waals surface area contributed by atoms with Crippen molar-refractivity contribution >= 4 is 16.9 Å². The van der Waals surface area contributed by atoms with Gasteiger partial charge in [-0.15, -0.1) is 0 Å². The number of nitrogens with zero attached hydrogens (tertiary/aromatic N) is 3. The Kier molecular flexibility index (Phi) is 5.84. The van der Waals surface area contributed by atoms with Crippen molar-refractivity contribution in [2.45, 2.75) is 39.7 Å². The van der Waals surface area contributed by atoms with E-state index in [-0.39, 0.29) is 17.8 Å². The smallest absolute Gasteiger partial charge is 0.227 e. The van der Waals surface area contributed by atoms with Crippen LogP contribution >= 0.6 is 0 Å². The highest BCUT2D eigenvalue weighted by molar-refractivity contribution is 5.82. The number of carbonyl (C=O) groups excluding carboxylic acids is 1. The molecule has 4 rings (SSSR count). The average molecular weight is 440 g/mol. The molecule has 0 unspecified atom stereocenters. The summed E-state index contributed by atoms with van der Waals surface area (Å²) in [6.07, 6.45) is 1.62. The Morgan fingerprint density at radius 3 is 2.34 bits per heavy atom. The first-order valence-electron chi connectivity index (χ1n) is 10.9. The fourth-order valence-corrected chi connectivity index (χ4v) is 4.42. The van der Waals surface area contributed by atoms with Gasteiger partial charge in [0, 0.05) is 36.2 Å². The lowest BCUT2D eigenvalue weighted by atomic mass is 9.93. The highest BCUT2D eigenvalue weighted by Crippen LogP contribution is 2.37. The number of amides is 1. The van der Waals surface area contributed by atoms with Gasteiger partial charge in [-0.25, -0.2) is 9.37 Å². The van der Waals surface area contributed by atoms with E-state index in [4.69, 9.17) is 14.5 Å². The van der Waals surface area contributed by atoms with Gasteiger partial charge >= 0.3 is 0 Å². The maximum absolute atomic E-state index is 14.0. The number of ether oxygens (including phenoxy) is 2. The number of rotatable bonds is 4. The van der Waals surface area contributed by atoms with E-state index >= 15 is 0 Å². The molecule has 0 saturated carbocycles. The van der Waals surface area contributed by atoms with E-state index in [1.165, 1.54) is 12.1 Å². The fraction of sp³-hybridized carbons (Fsp3) is 0.440. The number of methoxy groups -OCH3 is 2. The summed E-state index contributed by atoms with van der Waals surface area (Å²) in [6.45, 7) is 7.23. The molecular formula is C25H30FN3O3. The number of fused-ring (bicyclic) bond motifs is 1. The molecule has 1 amide bonds. The standard InChI is InChI=1S/C25H30FN3O3/c1-25(2,3)24(30)28-12-10-18(11-13-28)29-20-8-7-17(26)15-19(20)27-23(29)16-6-9-21(31-4)22(14-16)32-5/h6-9,14-15,18H,10-13H2,1-5H3. The van der Waals surface area contributed by atoms with Crippen LogP contribution in [0.4, 0.5) is 4.39 Å². The largest absolute Gasteiger partial charge is 0.493 e. The van der Waals surface area contributed by atoms with Gasteiger partial charge in [0.25, 0.3) is 0 Å². The summed E-state index contributed by atoms with van der Waals surface area (Å²) in [7, 11) is 3.20. The van der Waals surface area contributed by atoms with Gasteiger partial charge in [0.1, 0.15) is 11.6 Å². The van der Waals surface area contributed by atoms with Crippen LogP contribution in [-0.4, -0.2) is 47.7 Å². The van der Waals surface area contributed by atoms with Gasteiger partial charge in [-0.05, 0) is 43.2 Å². The molecule has 0 aliphatic carbocycles. The SMILES string of the molecule is COc1ccc(-c2nc3cc(F)ccc3n2C2CCN(C(=O)C(C)(C)C)CC2)cc1OC. The van der Waals surface area contributed by atoms with Crippen molar-refractivity contribution in [2.75, 3.05) is 27.3 Å². The van der Waals surface area contributed by atoms with Gasteiger partial charge in [-0.3, -0.25) is 4.79 Å². The topological polar surface area (TPSA) is 56.6 Å². The molecule has 1 fully saturated rings. The molecule has 1 aliphatic rings. The Morgan fingerprint density at radius 2 is 1.72 bits per heavy atom. The van der Waals surface area contributed by atoms with Crippen molar-refractivity contribution in [3.05, 3.63) is 42.2 Å². The first-order valence-corrected chi connectivity index (χ1v) is 10.9. The second-order valence-electron chi connectivity index (χ2n) is 9.28. The highest BCUT2D eigenvalue weighted by Gasteiger charge is 2.32. The molecule has 1 aliphatic heterocycles. The first kappa shape index (κ1) is 22.1. The Morgan fingerprint density at radius 1 is 1.03 bits per heavy atom. The van der Waals surface area contributed by atoms with Crippen LogP contribution in [0.1, 0.15) is 39.7 Å². The van der Waals surface area contributed by atoms with Crippen molar-refractivity contribution in [3.63, 3.8) is 0 Å². The van der Waals surface area contributed by atoms with Crippen molar-refractivity contribution in [3.8, 4) is 22.9 Å². The molecule has 170 valence electrons. The zero-order chi connectivity index (χ0) is 23.0. The summed E-state index contributed by atoms with van der Waals surface area (Å²) < 4.78 is 27.0. The zero-order valence-corrected chi connectivity index (χ0v) is 19.3. The molecule has 32 heavy (non-hydrogen) atoms. The molecule has 2 aromatic carbocycles. The number of carbonyl (C=O) groups is 1. The number of aromatic nitrogens is 2. The third kappa shape index (κ3) is 4.04. The molecule has 1 saturated heterocycles. The van der Waals surface area contributed by atoms with Crippen LogP contribution in [0.5, 0.6) is 11.5 Å². The Labute approximate surface area is 187 Å². The molecule has 0 N–H and O–H groups in total. The van der Waals surface area contributed by atoms with Gasteiger partial charge in [-0.1, -0.05) is 20.8 Å². The molecule has 2 heterocycles. The van der Waals surface area contributed by atoms with Gasteiger partial charge in [0.05, 0.1) is 25.3 Å². The molecule has 0 atom stereocenters. The van der Waals surface area contributed by atoms with Crippen LogP contribution in [0.3, 0.4) is 0 Å². The van der Waals surface area contributed by atoms with Crippen LogP contribution < -0.4 is 9.47 Å². The molecule has 0 bridgehead atoms. The summed E-state index contributed by atoms with van der Waals surface area (Å²) >= 11 is 0. The van der Waals surface area contributed by atoms with Gasteiger partial charge in [0.2, 0.25) is 5.91 Å². The number of likely N-dealkylation sites (tertiary alicyclic amines) is 1. The van der Waals surface area contributed by atoms with E-state index in [0.717, 1.165) is 29.7 Å². The predicted octanol–water partition coefficient (Wildman–Crippen LogP) is 5.07. The maximum Gasteiger partial charge on any atom is 0.227 e. The van der Waals surface area contributed by atoms with Crippen LogP contribution in [0.2, 0.25) is 0 Å². The average Bonchev–Trinajstić information content (AvgIpc) is 3.16. The van der Waals surface area contributed by atoms with Crippen LogP contribution in [0.25, 0.3) is 22.4 Å². The Bertz CT molecular complexity index is 1140. The van der Waals surface area contributed by atoms with Crippen LogP contribution in [0, 0.1) is 11.2 Å². The first-order chi connectivity index (χ1) is 15.2. The summed E-state index contributed by atoms with van der Waals surface area (Å²) in [5.41, 5.74) is 1.98. The summed E-state index contributed by atoms with van der Waals surface area (Å²) in [5.74, 6) is 1.87. The number of hydrogen-bond acceptors (Lipinski definition) is 4. The van der Waals surface area contributed by atoms with E-state index in [1.807, 2.05) is 43.9 Å². The fourth-order valence-electron chi connectivity index (χ4n) is 4.42. The predicted molar refractivity (Wildman–Crippen MR) is 123 cm³/mol. The third-order valence-electron chi connectivity index (χ3n) is 6.05. The quantitative estimate of drug-likeness (QED) is 0.570. The zero-order valence-electron chi connectivity index (χ0n) is 19.3. The lowest BCUT2D eigenvalue weighted by Gasteiger charge is -2.36. The number of hydrogen-bond donors (Lipinski definition) is 0. The number of imidazole rings is 1. The van der Waals surface area contributed by atoms with Crippen molar-refractivity contribution < 1.29 is 18.7 Å². The molecule has 0 radical (unpaired) electrons. The molecule has 1 aromatic heterocycles. The molecule has 6 nitrogen and oxygen atoms in total. The molecule has 7 heteroatoms. The van der Waals surface area contributed by atoms with Crippen LogP contribution in [0.15, 0.2) is 36.4 Å². The lowest BCUT2D eigenvalue weighted by molar-refractivity contribution is -0.140. The number of piperidine rings is 1. The highest BCUT2D eigenvalue weighted by atomic mass is 19.1. The lowest BCUT2D eigenvalue weighted by Crippen LogP contribution is -2.44. The second kappa shape index (κ2) is 8.45. The van der Waals surface area contributed by atoms with Crippen LogP contribution in [-0.2, 0) is 4.79 Å². The minimum atomic E-state index is -0.392. The molecule has 0 spiro atoms. The van der Waals surface area contributed by atoms with E-state index < -0.39 is 5.41 Å². The van der Waals surface area contributed by atoms with E-state index in [2.05, 4.69) is 4.57 Å². The summed E-state index contributed by atoms with van der Waals surface area (Å²) in [4.78, 5) is 19.5. The van der Waals surface area contributed by atoms with E-state index in [1.54, 1.807) is 20.3 Å². The van der Waals surface area contributed by atoms with Crippen molar-refractivity contribution in [1.29, 1.82) is 0 Å². The Hall–Kier alpha value is -3.09. The monoisotopic (exact) mass is 439 g/mol. The summed E-state index contributed by atoms with van der Waals surface area (Å²) in [5, 5.41) is 0. The normalized spacial score (nSPS) is 15.2. The number of benzene rings is 2. The van der Waals surface area contributed by atoms with Crippen molar-refractivity contribution in [2.24, 2.45) is 5.41 Å². The van der Waals surface area contributed by atoms with Gasteiger partial charge in [0.15, 0.2) is 11.5 Å². The third-order valence-corrected chi connectivity index (χ3v) is 6.05. The maximum atomic E-state index is 14.0. The molecular weight excluding hydrogens is 409 g/mol. The van der Waals surface area contributed by atoms with Crippen molar-refractivity contribution in [1.82, 2.24) is 14.5 Å². The minimum Gasteiger partial charge on any atom is -0.493 e.